The molecule has 22 heavy (non-hydrogen) atoms. The van der Waals surface area contributed by atoms with E-state index in [0.29, 0.717) is 24.9 Å². The smallest absolute Gasteiger partial charge is 0.261 e. The van der Waals surface area contributed by atoms with Crippen molar-refractivity contribution >= 4 is 15.7 Å². The molecule has 1 aromatic carbocycles. The number of pyridine rings is 1. The fourth-order valence-corrected chi connectivity index (χ4v) is 3.22. The average Bonchev–Trinajstić information content (AvgIpc) is 2.52. The number of unbranched alkanes of at least 4 members (excludes halogenated alkanes) is 1. The van der Waals surface area contributed by atoms with Crippen LogP contribution in [0.15, 0.2) is 47.5 Å². The topological polar surface area (TPSA) is 82.8 Å². The van der Waals surface area contributed by atoms with Gasteiger partial charge in [-0.2, -0.15) is 5.26 Å². The second-order valence-corrected chi connectivity index (χ2v) is 6.54. The van der Waals surface area contributed by atoms with Crippen LogP contribution in [-0.2, 0) is 16.4 Å². The zero-order valence-electron chi connectivity index (χ0n) is 12.3. The molecule has 5 nitrogen and oxygen atoms in total. The Morgan fingerprint density at radius 3 is 2.64 bits per heavy atom. The minimum absolute atomic E-state index is 0.220. The van der Waals surface area contributed by atoms with Crippen molar-refractivity contribution in [1.82, 2.24) is 4.98 Å². The molecule has 0 aliphatic heterocycles. The molecule has 1 N–H and O–H groups in total. The first-order valence-electron chi connectivity index (χ1n) is 6.94. The lowest BCUT2D eigenvalue weighted by molar-refractivity contribution is 0.601. The number of benzene rings is 1. The van der Waals surface area contributed by atoms with Gasteiger partial charge in [0.25, 0.3) is 10.0 Å². The highest BCUT2D eigenvalue weighted by molar-refractivity contribution is 7.92. The maximum Gasteiger partial charge on any atom is 0.261 e. The average molecular weight is 315 g/mol. The molecule has 0 amide bonds. The standard InChI is InChI=1S/C16H17N3O2S/c1-13-15(9-5-6-11-17)18-12-10-16(13)19-22(20,21)14-7-3-2-4-8-14/h2-4,7-8,10,12H,5-6,9H2,1H3,(H,18,19). The summed E-state index contributed by atoms with van der Waals surface area (Å²) in [6, 6.07) is 12.0. The van der Waals surface area contributed by atoms with Crippen LogP contribution in [0.3, 0.4) is 0 Å². The quantitative estimate of drug-likeness (QED) is 0.831. The van der Waals surface area contributed by atoms with E-state index in [1.807, 2.05) is 6.92 Å². The van der Waals surface area contributed by atoms with E-state index in [-0.39, 0.29) is 4.90 Å². The Bertz CT molecular complexity index is 781. The molecule has 1 aromatic heterocycles. The summed E-state index contributed by atoms with van der Waals surface area (Å²) in [5.74, 6) is 0. The van der Waals surface area contributed by atoms with Crippen molar-refractivity contribution in [2.75, 3.05) is 4.72 Å². The number of hydrogen-bond donors (Lipinski definition) is 1. The van der Waals surface area contributed by atoms with E-state index in [0.717, 1.165) is 11.3 Å². The van der Waals surface area contributed by atoms with E-state index in [9.17, 15) is 8.42 Å². The van der Waals surface area contributed by atoms with Crippen molar-refractivity contribution in [3.63, 3.8) is 0 Å². The largest absolute Gasteiger partial charge is 0.279 e. The van der Waals surface area contributed by atoms with Gasteiger partial charge in [0.2, 0.25) is 0 Å². The van der Waals surface area contributed by atoms with Crippen LogP contribution in [0.25, 0.3) is 0 Å². The second kappa shape index (κ2) is 7.05. The van der Waals surface area contributed by atoms with Crippen LogP contribution in [0.5, 0.6) is 0 Å². The van der Waals surface area contributed by atoms with Crippen LogP contribution in [0, 0.1) is 18.3 Å². The zero-order valence-corrected chi connectivity index (χ0v) is 13.1. The van der Waals surface area contributed by atoms with Crippen LogP contribution >= 0.6 is 0 Å². The molecular weight excluding hydrogens is 298 g/mol. The highest BCUT2D eigenvalue weighted by atomic mass is 32.2. The number of nitriles is 1. The third kappa shape index (κ3) is 3.83. The Labute approximate surface area is 130 Å². The molecule has 0 aliphatic carbocycles. The van der Waals surface area contributed by atoms with Gasteiger partial charge >= 0.3 is 0 Å². The van der Waals surface area contributed by atoms with Gasteiger partial charge in [-0.15, -0.1) is 0 Å². The number of nitrogens with one attached hydrogen (secondary N) is 1. The third-order valence-corrected chi connectivity index (χ3v) is 4.69. The lowest BCUT2D eigenvalue weighted by atomic mass is 10.1. The predicted molar refractivity (Wildman–Crippen MR) is 84.8 cm³/mol. The normalized spacial score (nSPS) is 10.9. The number of sulfonamides is 1. The van der Waals surface area contributed by atoms with Gasteiger partial charge in [0.15, 0.2) is 0 Å². The van der Waals surface area contributed by atoms with Gasteiger partial charge in [0, 0.05) is 18.3 Å². The minimum atomic E-state index is -3.61. The monoisotopic (exact) mass is 315 g/mol. The SMILES string of the molecule is Cc1c(NS(=O)(=O)c2ccccc2)ccnc1CCCC#N. The summed E-state index contributed by atoms with van der Waals surface area (Å²) in [6.45, 7) is 1.83. The first-order valence-corrected chi connectivity index (χ1v) is 8.42. The molecule has 0 aliphatic rings. The molecule has 0 unspecified atom stereocenters. The van der Waals surface area contributed by atoms with E-state index >= 15 is 0 Å². The van der Waals surface area contributed by atoms with Gasteiger partial charge < -0.3 is 0 Å². The summed E-state index contributed by atoms with van der Waals surface area (Å²) in [5.41, 5.74) is 2.12. The highest BCUT2D eigenvalue weighted by Gasteiger charge is 2.15. The zero-order chi connectivity index (χ0) is 16.0. The summed E-state index contributed by atoms with van der Waals surface area (Å²) >= 11 is 0. The van der Waals surface area contributed by atoms with E-state index in [4.69, 9.17) is 5.26 Å². The molecule has 6 heteroatoms. The molecular formula is C16H17N3O2S. The van der Waals surface area contributed by atoms with Crippen molar-refractivity contribution in [2.45, 2.75) is 31.1 Å². The Kier molecular flexibility index (Phi) is 5.12. The summed E-state index contributed by atoms with van der Waals surface area (Å²) < 4.78 is 27.3. The van der Waals surface area contributed by atoms with Crippen LogP contribution in [0.4, 0.5) is 5.69 Å². The molecule has 1 heterocycles. The summed E-state index contributed by atoms with van der Waals surface area (Å²) in [6.07, 6.45) is 3.40. The summed E-state index contributed by atoms with van der Waals surface area (Å²) in [7, 11) is -3.61. The van der Waals surface area contributed by atoms with Crippen molar-refractivity contribution in [2.24, 2.45) is 0 Å². The predicted octanol–water partition coefficient (Wildman–Crippen LogP) is 3.04. The number of rotatable bonds is 6. The molecule has 0 radical (unpaired) electrons. The first kappa shape index (κ1) is 16.0. The van der Waals surface area contributed by atoms with E-state index in [1.165, 1.54) is 0 Å². The van der Waals surface area contributed by atoms with Crippen LogP contribution in [-0.4, -0.2) is 13.4 Å². The van der Waals surface area contributed by atoms with Gasteiger partial charge in [0.1, 0.15) is 0 Å². The lowest BCUT2D eigenvalue weighted by Crippen LogP contribution is -2.14. The number of hydrogen-bond acceptors (Lipinski definition) is 4. The van der Waals surface area contributed by atoms with Crippen LogP contribution in [0.2, 0.25) is 0 Å². The second-order valence-electron chi connectivity index (χ2n) is 4.86. The van der Waals surface area contributed by atoms with Gasteiger partial charge in [0.05, 0.1) is 16.7 Å². The molecule has 0 saturated heterocycles. The molecule has 0 bridgehead atoms. The van der Waals surface area contributed by atoms with Gasteiger partial charge in [-0.05, 0) is 43.5 Å². The molecule has 0 spiro atoms. The Morgan fingerprint density at radius 2 is 1.95 bits per heavy atom. The molecule has 2 aromatic rings. The fourth-order valence-electron chi connectivity index (χ4n) is 2.08. The van der Waals surface area contributed by atoms with Crippen molar-refractivity contribution < 1.29 is 8.42 Å². The minimum Gasteiger partial charge on any atom is -0.279 e. The number of aryl methyl sites for hydroxylation is 1. The lowest BCUT2D eigenvalue weighted by Gasteiger charge is -2.13. The molecule has 114 valence electrons. The summed E-state index contributed by atoms with van der Waals surface area (Å²) in [5, 5.41) is 8.58. The molecule has 2 rings (SSSR count). The Balaban J connectivity index is 2.23. The number of anilines is 1. The Hall–Kier alpha value is -2.39. The van der Waals surface area contributed by atoms with Crippen LogP contribution in [0.1, 0.15) is 24.1 Å². The number of aromatic nitrogens is 1. The van der Waals surface area contributed by atoms with Crippen molar-refractivity contribution in [1.29, 1.82) is 5.26 Å². The van der Waals surface area contributed by atoms with E-state index in [1.54, 1.807) is 42.6 Å². The fraction of sp³-hybridized carbons (Fsp3) is 0.250. The Morgan fingerprint density at radius 1 is 1.23 bits per heavy atom. The maximum absolute atomic E-state index is 12.4. The van der Waals surface area contributed by atoms with Gasteiger partial charge in [-0.1, -0.05) is 18.2 Å². The molecule has 0 saturated carbocycles. The maximum atomic E-state index is 12.4. The first-order chi connectivity index (χ1) is 10.5. The summed E-state index contributed by atoms with van der Waals surface area (Å²) in [4.78, 5) is 4.49. The van der Waals surface area contributed by atoms with Crippen molar-refractivity contribution in [3.05, 3.63) is 53.9 Å². The van der Waals surface area contributed by atoms with E-state index < -0.39 is 10.0 Å². The van der Waals surface area contributed by atoms with Crippen molar-refractivity contribution in [3.8, 4) is 6.07 Å². The van der Waals surface area contributed by atoms with E-state index in [2.05, 4.69) is 15.8 Å². The van der Waals surface area contributed by atoms with Gasteiger partial charge in [-0.3, -0.25) is 9.71 Å². The van der Waals surface area contributed by atoms with Gasteiger partial charge in [-0.25, -0.2) is 8.42 Å². The molecule has 0 atom stereocenters. The highest BCUT2D eigenvalue weighted by Crippen LogP contribution is 2.22. The van der Waals surface area contributed by atoms with Crippen LogP contribution < -0.4 is 4.72 Å². The number of nitrogens with zero attached hydrogens (tertiary/aromatic N) is 2. The molecule has 0 fully saturated rings. The third-order valence-electron chi connectivity index (χ3n) is 3.31.